The van der Waals surface area contributed by atoms with Gasteiger partial charge in [0.2, 0.25) is 11.8 Å². The van der Waals surface area contributed by atoms with Crippen LogP contribution in [0.2, 0.25) is 5.02 Å². The van der Waals surface area contributed by atoms with Crippen molar-refractivity contribution in [2.24, 2.45) is 0 Å². The van der Waals surface area contributed by atoms with E-state index in [1.165, 1.54) is 6.92 Å². The van der Waals surface area contributed by atoms with Gasteiger partial charge >= 0.3 is 0 Å². The number of amides is 1. The Labute approximate surface area is 152 Å². The van der Waals surface area contributed by atoms with Crippen molar-refractivity contribution in [3.63, 3.8) is 0 Å². The maximum absolute atomic E-state index is 11.0. The third kappa shape index (κ3) is 6.12. The number of benzene rings is 1. The van der Waals surface area contributed by atoms with Crippen molar-refractivity contribution in [2.45, 2.75) is 26.8 Å². The normalized spacial score (nSPS) is 12.0. The number of nitrogens with zero attached hydrogens (tertiary/aromatic N) is 1. The van der Waals surface area contributed by atoms with E-state index in [9.17, 15) is 4.79 Å². The summed E-state index contributed by atoms with van der Waals surface area (Å²) in [4.78, 5) is 15.2. The number of ether oxygens (including phenoxy) is 2. The van der Waals surface area contributed by atoms with Gasteiger partial charge in [-0.25, -0.2) is 4.98 Å². The van der Waals surface area contributed by atoms with Gasteiger partial charge in [-0.2, -0.15) is 0 Å². The number of hydrogen-bond acceptors (Lipinski definition) is 4. The Kier molecular flexibility index (Phi) is 6.83. The molecule has 0 fully saturated rings. The quantitative estimate of drug-likeness (QED) is 0.791. The number of halogens is 1. The van der Waals surface area contributed by atoms with Crippen molar-refractivity contribution in [3.8, 4) is 17.4 Å². The average Bonchev–Trinajstić information content (AvgIpc) is 2.56. The molecule has 0 radical (unpaired) electrons. The van der Waals surface area contributed by atoms with E-state index in [-0.39, 0.29) is 11.9 Å². The SMILES string of the molecule is CCOc1ccc(Oc2ccc(/C=C/[C@H](C)NC(C)=O)cn2)c(Cl)c1. The minimum atomic E-state index is -0.0637. The number of aromatic nitrogens is 1. The van der Waals surface area contributed by atoms with E-state index in [0.717, 1.165) is 5.56 Å². The molecule has 2 rings (SSSR count). The minimum absolute atomic E-state index is 0.0453. The lowest BCUT2D eigenvalue weighted by atomic mass is 10.2. The molecule has 5 nitrogen and oxygen atoms in total. The number of hydrogen-bond donors (Lipinski definition) is 1. The van der Waals surface area contributed by atoms with E-state index < -0.39 is 0 Å². The Bertz CT molecular complexity index is 745. The van der Waals surface area contributed by atoms with Crippen molar-refractivity contribution in [2.75, 3.05) is 6.61 Å². The van der Waals surface area contributed by atoms with Crippen LogP contribution >= 0.6 is 11.6 Å². The third-order valence-corrected chi connectivity index (χ3v) is 3.49. The predicted molar refractivity (Wildman–Crippen MR) is 99.2 cm³/mol. The fourth-order valence-electron chi connectivity index (χ4n) is 2.11. The van der Waals surface area contributed by atoms with Gasteiger partial charge in [0, 0.05) is 31.3 Å². The first-order valence-corrected chi connectivity index (χ1v) is 8.37. The molecule has 1 N–H and O–H groups in total. The Morgan fingerprint density at radius 3 is 2.76 bits per heavy atom. The lowest BCUT2D eigenvalue weighted by Gasteiger charge is -2.09. The second kappa shape index (κ2) is 9.08. The molecule has 6 heteroatoms. The molecule has 1 amide bonds. The molecule has 0 aliphatic carbocycles. The van der Waals surface area contributed by atoms with Gasteiger partial charge < -0.3 is 14.8 Å². The second-order valence-corrected chi connectivity index (χ2v) is 5.81. The van der Waals surface area contributed by atoms with Gasteiger partial charge in [-0.15, -0.1) is 0 Å². The zero-order valence-corrected chi connectivity index (χ0v) is 15.2. The van der Waals surface area contributed by atoms with Crippen LogP contribution in [0, 0.1) is 0 Å². The monoisotopic (exact) mass is 360 g/mol. The highest BCUT2D eigenvalue weighted by Gasteiger charge is 2.06. The fraction of sp³-hybridized carbons (Fsp3) is 0.263. The van der Waals surface area contributed by atoms with Crippen molar-refractivity contribution < 1.29 is 14.3 Å². The van der Waals surface area contributed by atoms with E-state index in [2.05, 4.69) is 10.3 Å². The summed E-state index contributed by atoms with van der Waals surface area (Å²) in [5, 5.41) is 3.24. The van der Waals surface area contributed by atoms with E-state index in [0.29, 0.717) is 29.0 Å². The molecule has 132 valence electrons. The van der Waals surface area contributed by atoms with Gasteiger partial charge in [0.25, 0.3) is 0 Å². The summed E-state index contributed by atoms with van der Waals surface area (Å²) in [5.41, 5.74) is 0.905. The molecular weight excluding hydrogens is 340 g/mol. The Balaban J connectivity index is 2.00. The summed E-state index contributed by atoms with van der Waals surface area (Å²) in [6, 6.07) is 8.84. The van der Waals surface area contributed by atoms with Crippen molar-refractivity contribution in [1.29, 1.82) is 0 Å². The smallest absolute Gasteiger partial charge is 0.219 e. The van der Waals surface area contributed by atoms with Gasteiger partial charge in [-0.05, 0) is 37.6 Å². The van der Waals surface area contributed by atoms with Crippen LogP contribution in [-0.4, -0.2) is 23.5 Å². The summed E-state index contributed by atoms with van der Waals surface area (Å²) in [5.74, 6) is 1.59. The van der Waals surface area contributed by atoms with Gasteiger partial charge in [0.05, 0.1) is 11.6 Å². The van der Waals surface area contributed by atoms with Crippen LogP contribution in [0.15, 0.2) is 42.6 Å². The zero-order chi connectivity index (χ0) is 18.2. The first-order valence-electron chi connectivity index (χ1n) is 7.99. The number of pyridine rings is 1. The van der Waals surface area contributed by atoms with Crippen LogP contribution in [0.25, 0.3) is 6.08 Å². The molecule has 0 spiro atoms. The molecule has 0 bridgehead atoms. The summed E-state index contributed by atoms with van der Waals surface area (Å²) in [6.07, 6.45) is 5.47. The molecule has 0 aliphatic rings. The van der Waals surface area contributed by atoms with E-state index in [4.69, 9.17) is 21.1 Å². The average molecular weight is 361 g/mol. The topological polar surface area (TPSA) is 60.5 Å². The van der Waals surface area contributed by atoms with Crippen LogP contribution in [0.4, 0.5) is 0 Å². The molecule has 0 unspecified atom stereocenters. The number of rotatable bonds is 7. The third-order valence-electron chi connectivity index (χ3n) is 3.20. The predicted octanol–water partition coefficient (Wildman–Crippen LogP) is 4.46. The molecule has 1 aromatic heterocycles. The van der Waals surface area contributed by atoms with Gasteiger partial charge in [-0.1, -0.05) is 23.8 Å². The van der Waals surface area contributed by atoms with Gasteiger partial charge in [0.1, 0.15) is 11.5 Å². The van der Waals surface area contributed by atoms with E-state index >= 15 is 0 Å². The highest BCUT2D eigenvalue weighted by atomic mass is 35.5. The highest BCUT2D eigenvalue weighted by molar-refractivity contribution is 6.32. The zero-order valence-electron chi connectivity index (χ0n) is 14.5. The minimum Gasteiger partial charge on any atom is -0.494 e. The molecule has 0 saturated carbocycles. The lowest BCUT2D eigenvalue weighted by molar-refractivity contribution is -0.119. The Morgan fingerprint density at radius 2 is 2.16 bits per heavy atom. The van der Waals surface area contributed by atoms with Crippen LogP contribution in [0.5, 0.6) is 17.4 Å². The molecule has 1 atom stereocenters. The van der Waals surface area contributed by atoms with Gasteiger partial charge in [-0.3, -0.25) is 4.79 Å². The maximum Gasteiger partial charge on any atom is 0.219 e. The Hall–Kier alpha value is -2.53. The first-order chi connectivity index (χ1) is 12.0. The number of nitrogens with one attached hydrogen (secondary N) is 1. The van der Waals surface area contributed by atoms with E-state index in [1.807, 2.05) is 32.1 Å². The highest BCUT2D eigenvalue weighted by Crippen LogP contribution is 2.31. The molecular formula is C19H21ClN2O3. The van der Waals surface area contributed by atoms with Crippen molar-refractivity contribution >= 4 is 23.6 Å². The summed E-state index contributed by atoms with van der Waals surface area (Å²) < 4.78 is 11.1. The second-order valence-electron chi connectivity index (χ2n) is 5.41. The van der Waals surface area contributed by atoms with Crippen LogP contribution in [0.3, 0.4) is 0 Å². The Morgan fingerprint density at radius 1 is 1.36 bits per heavy atom. The number of carbonyl (C=O) groups excluding carboxylic acids is 1. The van der Waals surface area contributed by atoms with Crippen LogP contribution in [-0.2, 0) is 4.79 Å². The summed E-state index contributed by atoms with van der Waals surface area (Å²) in [6.45, 7) is 5.88. The van der Waals surface area contributed by atoms with Crippen LogP contribution in [0.1, 0.15) is 26.3 Å². The summed E-state index contributed by atoms with van der Waals surface area (Å²) in [7, 11) is 0. The van der Waals surface area contributed by atoms with Crippen molar-refractivity contribution in [3.05, 3.63) is 53.2 Å². The summed E-state index contributed by atoms with van der Waals surface area (Å²) >= 11 is 6.19. The molecule has 2 aromatic rings. The fourth-order valence-corrected chi connectivity index (χ4v) is 2.32. The maximum atomic E-state index is 11.0. The van der Waals surface area contributed by atoms with Gasteiger partial charge in [0.15, 0.2) is 0 Å². The number of carbonyl (C=O) groups is 1. The standard InChI is InChI=1S/C19H21ClN2O3/c1-4-24-16-8-9-18(17(20)11-16)25-19-10-7-15(12-21-19)6-5-13(2)22-14(3)23/h5-13H,4H2,1-3H3,(H,22,23)/b6-5+/t13-/m0/s1. The van der Waals surface area contributed by atoms with Crippen molar-refractivity contribution in [1.82, 2.24) is 10.3 Å². The molecule has 0 aliphatic heterocycles. The largest absolute Gasteiger partial charge is 0.494 e. The lowest BCUT2D eigenvalue weighted by Crippen LogP contribution is -2.28. The molecule has 0 saturated heterocycles. The van der Waals surface area contributed by atoms with Crippen LogP contribution < -0.4 is 14.8 Å². The van der Waals surface area contributed by atoms with E-state index in [1.54, 1.807) is 30.5 Å². The molecule has 1 aromatic carbocycles. The molecule has 1 heterocycles. The molecule has 25 heavy (non-hydrogen) atoms. The first kappa shape index (κ1) is 18.8.